The quantitative estimate of drug-likeness (QED) is 0.872. The minimum Gasteiger partial charge on any atom is -0.326 e. The van der Waals surface area contributed by atoms with Crippen LogP contribution in [-0.4, -0.2) is 14.8 Å². The molecule has 2 aromatic rings. The van der Waals surface area contributed by atoms with E-state index in [0.29, 0.717) is 6.54 Å². The van der Waals surface area contributed by atoms with E-state index in [2.05, 4.69) is 10.1 Å². The molecule has 0 aliphatic carbocycles. The summed E-state index contributed by atoms with van der Waals surface area (Å²) in [5.41, 5.74) is 5.26. The highest BCUT2D eigenvalue weighted by Gasteiger charge is 2.35. The van der Waals surface area contributed by atoms with Gasteiger partial charge in [0.05, 0.1) is 6.20 Å². The van der Waals surface area contributed by atoms with E-state index in [9.17, 15) is 13.2 Å². The van der Waals surface area contributed by atoms with E-state index < -0.39 is 11.9 Å². The molecule has 2 rings (SSSR count). The zero-order chi connectivity index (χ0) is 12.5. The molecule has 17 heavy (non-hydrogen) atoms. The van der Waals surface area contributed by atoms with Gasteiger partial charge in [0.1, 0.15) is 5.69 Å². The van der Waals surface area contributed by atoms with Crippen molar-refractivity contribution in [3.63, 3.8) is 0 Å². The molecule has 7 heteroatoms. The smallest absolute Gasteiger partial charge is 0.326 e. The van der Waals surface area contributed by atoms with Crippen LogP contribution in [0, 0.1) is 0 Å². The lowest BCUT2D eigenvalue weighted by molar-refractivity contribution is -0.142. The number of alkyl halides is 3. The van der Waals surface area contributed by atoms with E-state index in [1.165, 1.54) is 12.3 Å². The molecule has 2 aromatic heterocycles. The fourth-order valence-electron chi connectivity index (χ4n) is 1.36. The topological polar surface area (TPSA) is 56.7 Å². The van der Waals surface area contributed by atoms with Crippen molar-refractivity contribution < 1.29 is 13.2 Å². The van der Waals surface area contributed by atoms with Crippen LogP contribution in [-0.2, 0) is 12.7 Å². The molecular formula is C10H9F3N4. The highest BCUT2D eigenvalue weighted by molar-refractivity contribution is 5.27. The van der Waals surface area contributed by atoms with Crippen LogP contribution in [0.3, 0.4) is 0 Å². The molecule has 0 saturated heterocycles. The Labute approximate surface area is 94.9 Å². The summed E-state index contributed by atoms with van der Waals surface area (Å²) < 4.78 is 38.6. The Morgan fingerprint density at radius 2 is 2.00 bits per heavy atom. The van der Waals surface area contributed by atoms with Gasteiger partial charge in [-0.3, -0.25) is 0 Å². The van der Waals surface area contributed by atoms with Crippen LogP contribution in [0.5, 0.6) is 0 Å². The lowest BCUT2D eigenvalue weighted by Crippen LogP contribution is -2.14. The zero-order valence-corrected chi connectivity index (χ0v) is 8.65. The van der Waals surface area contributed by atoms with Crippen molar-refractivity contribution in [1.29, 1.82) is 0 Å². The van der Waals surface area contributed by atoms with Crippen molar-refractivity contribution >= 4 is 0 Å². The number of halogens is 3. The van der Waals surface area contributed by atoms with E-state index in [1.807, 2.05) is 0 Å². The summed E-state index contributed by atoms with van der Waals surface area (Å²) in [7, 11) is 0. The van der Waals surface area contributed by atoms with Gasteiger partial charge in [0, 0.05) is 12.7 Å². The van der Waals surface area contributed by atoms with Crippen LogP contribution in [0.25, 0.3) is 5.82 Å². The lowest BCUT2D eigenvalue weighted by Gasteiger charge is -2.09. The van der Waals surface area contributed by atoms with Gasteiger partial charge in [-0.15, -0.1) is 0 Å². The van der Waals surface area contributed by atoms with Gasteiger partial charge in [0.15, 0.2) is 5.82 Å². The summed E-state index contributed by atoms with van der Waals surface area (Å²) in [6.45, 7) is 0.290. The number of nitrogens with two attached hydrogens (primary N) is 1. The predicted octanol–water partition coefficient (Wildman–Crippen LogP) is 1.74. The SMILES string of the molecule is NCc1ccc(-n2nccc2C(F)(F)F)nc1. The molecule has 4 nitrogen and oxygen atoms in total. The fraction of sp³-hybridized carbons (Fsp3) is 0.200. The summed E-state index contributed by atoms with van der Waals surface area (Å²) in [6.07, 6.45) is -1.94. The highest BCUT2D eigenvalue weighted by Crippen LogP contribution is 2.29. The number of nitrogens with zero attached hydrogens (tertiary/aromatic N) is 3. The molecule has 90 valence electrons. The second-order valence-corrected chi connectivity index (χ2v) is 3.35. The third-order valence-corrected chi connectivity index (χ3v) is 2.19. The first-order valence-corrected chi connectivity index (χ1v) is 4.79. The maximum atomic E-state index is 12.6. The maximum Gasteiger partial charge on any atom is 0.433 e. The normalized spacial score (nSPS) is 11.8. The van der Waals surface area contributed by atoms with Crippen molar-refractivity contribution in [2.45, 2.75) is 12.7 Å². The van der Waals surface area contributed by atoms with Crippen molar-refractivity contribution in [2.75, 3.05) is 0 Å². The van der Waals surface area contributed by atoms with Gasteiger partial charge in [-0.25, -0.2) is 9.67 Å². The average molecular weight is 242 g/mol. The number of hydrogen-bond acceptors (Lipinski definition) is 3. The van der Waals surface area contributed by atoms with E-state index >= 15 is 0 Å². The molecule has 0 aliphatic rings. The molecule has 0 bridgehead atoms. The number of hydrogen-bond donors (Lipinski definition) is 1. The lowest BCUT2D eigenvalue weighted by atomic mass is 10.3. The first-order chi connectivity index (χ1) is 8.02. The predicted molar refractivity (Wildman–Crippen MR) is 54.3 cm³/mol. The monoisotopic (exact) mass is 242 g/mol. The first-order valence-electron chi connectivity index (χ1n) is 4.79. The molecule has 0 unspecified atom stereocenters. The molecule has 0 amide bonds. The molecule has 2 N–H and O–H groups in total. The van der Waals surface area contributed by atoms with Gasteiger partial charge >= 0.3 is 6.18 Å². The number of aromatic nitrogens is 3. The zero-order valence-electron chi connectivity index (χ0n) is 8.65. The Morgan fingerprint density at radius 1 is 1.24 bits per heavy atom. The Morgan fingerprint density at radius 3 is 2.53 bits per heavy atom. The third-order valence-electron chi connectivity index (χ3n) is 2.19. The Bertz CT molecular complexity index is 501. The summed E-state index contributed by atoms with van der Waals surface area (Å²) in [6, 6.07) is 3.97. The molecule has 0 fully saturated rings. The second-order valence-electron chi connectivity index (χ2n) is 3.35. The third kappa shape index (κ3) is 2.28. The van der Waals surface area contributed by atoms with Crippen LogP contribution in [0.15, 0.2) is 30.6 Å². The van der Waals surface area contributed by atoms with Crippen LogP contribution in [0.2, 0.25) is 0 Å². The molecule has 0 radical (unpaired) electrons. The van der Waals surface area contributed by atoms with E-state index in [0.717, 1.165) is 22.5 Å². The molecule has 0 spiro atoms. The average Bonchev–Trinajstić information content (AvgIpc) is 2.78. The van der Waals surface area contributed by atoms with Gasteiger partial charge in [-0.1, -0.05) is 6.07 Å². The van der Waals surface area contributed by atoms with Gasteiger partial charge in [-0.05, 0) is 17.7 Å². The minimum absolute atomic E-state index is 0.111. The van der Waals surface area contributed by atoms with Crippen molar-refractivity contribution in [3.05, 3.63) is 41.9 Å². The van der Waals surface area contributed by atoms with Gasteiger partial charge < -0.3 is 5.73 Å². The Balaban J connectivity index is 2.43. The van der Waals surface area contributed by atoms with Crippen molar-refractivity contribution in [3.8, 4) is 5.82 Å². The Hall–Kier alpha value is -1.89. The number of rotatable bonds is 2. The summed E-state index contributed by atoms with van der Waals surface area (Å²) in [5.74, 6) is 0.111. The first kappa shape index (κ1) is 11.6. The summed E-state index contributed by atoms with van der Waals surface area (Å²) in [4.78, 5) is 3.89. The van der Waals surface area contributed by atoms with E-state index in [4.69, 9.17) is 5.73 Å². The van der Waals surface area contributed by atoms with Gasteiger partial charge in [0.25, 0.3) is 0 Å². The summed E-state index contributed by atoms with van der Waals surface area (Å²) in [5, 5.41) is 3.61. The minimum atomic E-state index is -4.45. The molecule has 2 heterocycles. The van der Waals surface area contributed by atoms with Crippen LogP contribution < -0.4 is 5.73 Å². The number of pyridine rings is 1. The van der Waals surface area contributed by atoms with Crippen molar-refractivity contribution in [2.24, 2.45) is 5.73 Å². The fourth-order valence-corrected chi connectivity index (χ4v) is 1.36. The van der Waals surface area contributed by atoms with Crippen LogP contribution >= 0.6 is 0 Å². The molecule has 0 aliphatic heterocycles. The summed E-state index contributed by atoms with van der Waals surface area (Å²) >= 11 is 0. The standard InChI is InChI=1S/C10H9F3N4/c11-10(12,13)8-3-4-16-17(8)9-2-1-7(5-14)6-15-9/h1-4,6H,5,14H2. The second kappa shape index (κ2) is 4.17. The van der Waals surface area contributed by atoms with Gasteiger partial charge in [0.2, 0.25) is 0 Å². The molecular weight excluding hydrogens is 233 g/mol. The van der Waals surface area contributed by atoms with Crippen LogP contribution in [0.4, 0.5) is 13.2 Å². The molecule has 0 atom stereocenters. The van der Waals surface area contributed by atoms with Gasteiger partial charge in [-0.2, -0.15) is 18.3 Å². The van der Waals surface area contributed by atoms with Crippen LogP contribution in [0.1, 0.15) is 11.3 Å². The maximum absolute atomic E-state index is 12.6. The molecule has 0 aromatic carbocycles. The highest BCUT2D eigenvalue weighted by atomic mass is 19.4. The van der Waals surface area contributed by atoms with Crippen molar-refractivity contribution in [1.82, 2.24) is 14.8 Å². The Kier molecular flexibility index (Phi) is 2.84. The van der Waals surface area contributed by atoms with E-state index in [-0.39, 0.29) is 5.82 Å². The molecule has 0 saturated carbocycles. The van der Waals surface area contributed by atoms with E-state index in [1.54, 1.807) is 6.07 Å². The largest absolute Gasteiger partial charge is 0.433 e.